The van der Waals surface area contributed by atoms with Crippen LogP contribution in [0.2, 0.25) is 0 Å². The molecule has 4 rings (SSSR count). The number of hydrogen-bond acceptors (Lipinski definition) is 3. The predicted molar refractivity (Wildman–Crippen MR) is 93.5 cm³/mol. The second kappa shape index (κ2) is 6.06. The lowest BCUT2D eigenvalue weighted by atomic mass is 10.1. The Balaban J connectivity index is 1.52. The molecule has 1 amide bonds. The van der Waals surface area contributed by atoms with Crippen LogP contribution in [0.4, 0.5) is 0 Å². The van der Waals surface area contributed by atoms with Gasteiger partial charge in [-0.15, -0.1) is 0 Å². The van der Waals surface area contributed by atoms with Gasteiger partial charge < -0.3 is 10.2 Å². The fourth-order valence-corrected chi connectivity index (χ4v) is 3.95. The second-order valence-corrected chi connectivity index (χ2v) is 7.06. The zero-order valence-corrected chi connectivity index (χ0v) is 14.3. The van der Waals surface area contributed by atoms with Gasteiger partial charge in [-0.05, 0) is 63.4 Å². The van der Waals surface area contributed by atoms with Crippen LogP contribution in [0.15, 0.2) is 30.3 Å². The first kappa shape index (κ1) is 15.4. The summed E-state index contributed by atoms with van der Waals surface area (Å²) in [5, 5.41) is 8.12. The highest BCUT2D eigenvalue weighted by atomic mass is 16.2. The molecule has 0 aliphatic carbocycles. The predicted octanol–water partition coefficient (Wildman–Crippen LogP) is 2.46. The maximum Gasteiger partial charge on any atom is 0.253 e. The zero-order chi connectivity index (χ0) is 16.7. The van der Waals surface area contributed by atoms with Gasteiger partial charge in [-0.2, -0.15) is 5.10 Å². The third-order valence-corrected chi connectivity index (χ3v) is 5.18. The van der Waals surface area contributed by atoms with Crippen LogP contribution in [0.1, 0.15) is 41.0 Å². The molecule has 3 heterocycles. The van der Waals surface area contributed by atoms with Gasteiger partial charge in [0.15, 0.2) is 0 Å². The number of amides is 1. The van der Waals surface area contributed by atoms with Crippen molar-refractivity contribution in [3.63, 3.8) is 0 Å². The van der Waals surface area contributed by atoms with Gasteiger partial charge in [0.2, 0.25) is 0 Å². The lowest BCUT2D eigenvalue weighted by Gasteiger charge is -2.24. The quantitative estimate of drug-likeness (QED) is 0.923. The Morgan fingerprint density at radius 2 is 1.88 bits per heavy atom. The van der Waals surface area contributed by atoms with Gasteiger partial charge in [0.1, 0.15) is 0 Å². The number of aromatic nitrogens is 2. The molecule has 1 aromatic carbocycles. The number of carbonyl (C=O) groups is 1. The van der Waals surface area contributed by atoms with Gasteiger partial charge >= 0.3 is 0 Å². The van der Waals surface area contributed by atoms with E-state index < -0.39 is 0 Å². The summed E-state index contributed by atoms with van der Waals surface area (Å²) in [5.74, 6) is 0.143. The molecule has 0 radical (unpaired) electrons. The van der Waals surface area contributed by atoms with Crippen molar-refractivity contribution >= 4 is 5.91 Å². The Kier molecular flexibility index (Phi) is 3.88. The molecule has 2 atom stereocenters. The molecule has 5 heteroatoms. The van der Waals surface area contributed by atoms with Crippen molar-refractivity contribution in [1.82, 2.24) is 20.0 Å². The molecule has 0 spiro atoms. The van der Waals surface area contributed by atoms with E-state index in [0.717, 1.165) is 42.1 Å². The molecule has 2 aliphatic heterocycles. The fraction of sp³-hybridized carbons (Fsp3) is 0.474. The lowest BCUT2D eigenvalue weighted by molar-refractivity contribution is 0.0748. The minimum atomic E-state index is 0.143. The Hall–Kier alpha value is -2.14. The number of rotatable bonds is 2. The highest BCUT2D eigenvalue weighted by Gasteiger charge is 2.31. The van der Waals surface area contributed by atoms with Crippen LogP contribution in [0.5, 0.6) is 0 Å². The van der Waals surface area contributed by atoms with E-state index in [1.807, 2.05) is 47.7 Å². The standard InChI is InChI=1S/C19H24N4O/c1-13-11-14(2)23(21-13)18-7-3-15(4-8-18)19(24)22-10-9-16-5-6-17(12-22)20-16/h3-4,7-8,11,16-17,20H,5-6,9-10,12H2,1-2H3. The van der Waals surface area contributed by atoms with Gasteiger partial charge in [-0.3, -0.25) is 4.79 Å². The van der Waals surface area contributed by atoms with Gasteiger partial charge in [-0.1, -0.05) is 0 Å². The maximum atomic E-state index is 12.8. The smallest absolute Gasteiger partial charge is 0.253 e. The molecule has 2 aliphatic rings. The summed E-state index contributed by atoms with van der Waals surface area (Å²) < 4.78 is 1.92. The van der Waals surface area contributed by atoms with E-state index in [1.165, 1.54) is 12.8 Å². The first-order valence-electron chi connectivity index (χ1n) is 8.79. The number of hydrogen-bond donors (Lipinski definition) is 1. The Morgan fingerprint density at radius 3 is 2.58 bits per heavy atom. The summed E-state index contributed by atoms with van der Waals surface area (Å²) in [4.78, 5) is 14.8. The molecule has 0 saturated carbocycles. The molecule has 2 unspecified atom stereocenters. The number of aryl methyl sites for hydroxylation is 2. The van der Waals surface area contributed by atoms with E-state index in [4.69, 9.17) is 0 Å². The monoisotopic (exact) mass is 324 g/mol. The van der Waals surface area contributed by atoms with Crippen molar-refractivity contribution in [3.8, 4) is 5.69 Å². The molecule has 126 valence electrons. The lowest BCUT2D eigenvalue weighted by Crippen LogP contribution is -2.39. The van der Waals surface area contributed by atoms with E-state index >= 15 is 0 Å². The zero-order valence-electron chi connectivity index (χ0n) is 14.3. The van der Waals surface area contributed by atoms with Crippen LogP contribution < -0.4 is 5.32 Å². The third-order valence-electron chi connectivity index (χ3n) is 5.18. The van der Waals surface area contributed by atoms with Crippen molar-refractivity contribution in [2.75, 3.05) is 13.1 Å². The van der Waals surface area contributed by atoms with Crippen molar-refractivity contribution in [1.29, 1.82) is 0 Å². The maximum absolute atomic E-state index is 12.8. The molecule has 2 saturated heterocycles. The van der Waals surface area contributed by atoms with E-state index in [0.29, 0.717) is 12.1 Å². The second-order valence-electron chi connectivity index (χ2n) is 7.06. The van der Waals surface area contributed by atoms with Crippen molar-refractivity contribution in [3.05, 3.63) is 47.3 Å². The Bertz CT molecular complexity index is 749. The van der Waals surface area contributed by atoms with Crippen molar-refractivity contribution in [2.24, 2.45) is 0 Å². The van der Waals surface area contributed by atoms with Crippen LogP contribution >= 0.6 is 0 Å². The van der Waals surface area contributed by atoms with E-state index in [-0.39, 0.29) is 5.91 Å². The van der Waals surface area contributed by atoms with E-state index in [9.17, 15) is 4.79 Å². The normalized spacial score (nSPS) is 23.3. The average Bonchev–Trinajstić information content (AvgIpc) is 3.08. The number of nitrogens with one attached hydrogen (secondary N) is 1. The van der Waals surface area contributed by atoms with Gasteiger partial charge in [-0.25, -0.2) is 4.68 Å². The van der Waals surface area contributed by atoms with Crippen molar-refractivity contribution < 1.29 is 4.79 Å². The minimum Gasteiger partial charge on any atom is -0.337 e. The molecule has 2 fully saturated rings. The molecular formula is C19H24N4O. The van der Waals surface area contributed by atoms with Crippen LogP contribution in [0, 0.1) is 13.8 Å². The van der Waals surface area contributed by atoms with Crippen LogP contribution in [-0.4, -0.2) is 45.8 Å². The number of likely N-dealkylation sites (tertiary alicyclic amines) is 1. The summed E-state index contributed by atoms with van der Waals surface area (Å²) in [6.07, 6.45) is 3.50. The van der Waals surface area contributed by atoms with Gasteiger partial charge in [0.25, 0.3) is 5.91 Å². The van der Waals surface area contributed by atoms with Crippen LogP contribution in [-0.2, 0) is 0 Å². The fourth-order valence-electron chi connectivity index (χ4n) is 3.95. The molecule has 5 nitrogen and oxygen atoms in total. The number of fused-ring (bicyclic) bond motifs is 2. The van der Waals surface area contributed by atoms with Crippen molar-refractivity contribution in [2.45, 2.75) is 45.2 Å². The summed E-state index contributed by atoms with van der Waals surface area (Å²) in [7, 11) is 0. The first-order valence-corrected chi connectivity index (χ1v) is 8.79. The number of carbonyl (C=O) groups excluding carboxylic acids is 1. The third kappa shape index (κ3) is 2.84. The van der Waals surface area contributed by atoms with E-state index in [1.54, 1.807) is 0 Å². The summed E-state index contributed by atoms with van der Waals surface area (Å²) >= 11 is 0. The highest BCUT2D eigenvalue weighted by molar-refractivity contribution is 5.94. The molecule has 2 bridgehead atoms. The number of nitrogens with zero attached hydrogens (tertiary/aromatic N) is 3. The van der Waals surface area contributed by atoms with Gasteiger partial charge in [0, 0.05) is 36.4 Å². The molecule has 24 heavy (non-hydrogen) atoms. The first-order chi connectivity index (χ1) is 11.6. The molecule has 1 N–H and O–H groups in total. The van der Waals surface area contributed by atoms with Crippen LogP contribution in [0.3, 0.4) is 0 Å². The van der Waals surface area contributed by atoms with E-state index in [2.05, 4.69) is 16.5 Å². The Labute approximate surface area is 142 Å². The molecule has 2 aromatic rings. The Morgan fingerprint density at radius 1 is 1.12 bits per heavy atom. The summed E-state index contributed by atoms with van der Waals surface area (Å²) in [6, 6.07) is 10.9. The topological polar surface area (TPSA) is 50.2 Å². The highest BCUT2D eigenvalue weighted by Crippen LogP contribution is 2.22. The SMILES string of the molecule is Cc1cc(C)n(-c2ccc(C(=O)N3CCC4CCC(C3)N4)cc2)n1. The summed E-state index contributed by atoms with van der Waals surface area (Å²) in [5.41, 5.74) is 3.85. The average molecular weight is 324 g/mol. The van der Waals surface area contributed by atoms with Gasteiger partial charge in [0.05, 0.1) is 11.4 Å². The molecule has 1 aromatic heterocycles. The number of benzene rings is 1. The van der Waals surface area contributed by atoms with Crippen LogP contribution in [0.25, 0.3) is 5.69 Å². The molecular weight excluding hydrogens is 300 g/mol. The summed E-state index contributed by atoms with van der Waals surface area (Å²) in [6.45, 7) is 5.71. The minimum absolute atomic E-state index is 0.143. The largest absolute Gasteiger partial charge is 0.337 e.